The van der Waals surface area contributed by atoms with Gasteiger partial charge in [-0.1, -0.05) is 0 Å². The number of halogens is 3. The van der Waals surface area contributed by atoms with Crippen LogP contribution in [0.3, 0.4) is 0 Å². The van der Waals surface area contributed by atoms with E-state index in [0.29, 0.717) is 6.07 Å². The Bertz CT molecular complexity index is 500. The molecule has 1 N–H and O–H groups in total. The van der Waals surface area contributed by atoms with E-state index in [1.165, 1.54) is 13.8 Å². The van der Waals surface area contributed by atoms with Crippen molar-refractivity contribution in [3.63, 3.8) is 0 Å². The monoisotopic (exact) mass is 253 g/mol. The number of anilines is 1. The molecule has 0 aliphatic heterocycles. The highest BCUT2D eigenvalue weighted by Gasteiger charge is 2.19. The number of nitrogens with one attached hydrogen (secondary N) is 1. The van der Waals surface area contributed by atoms with Crippen LogP contribution in [0, 0.1) is 17.5 Å². The van der Waals surface area contributed by atoms with E-state index >= 15 is 0 Å². The third-order valence-electron chi connectivity index (χ3n) is 1.88. The van der Waals surface area contributed by atoms with Crippen LogP contribution in [0.1, 0.15) is 13.8 Å². The van der Waals surface area contributed by atoms with Gasteiger partial charge in [-0.15, -0.1) is 0 Å². The van der Waals surface area contributed by atoms with Crippen LogP contribution in [0.25, 0.3) is 0 Å². The highest BCUT2D eigenvalue weighted by atomic mass is 32.2. The standard InChI is InChI=1S/C9H10F3NO2S/c1-5(2)16(14,15)13-9-4-7(11)6(10)3-8(9)12/h3-5,13H,1-2H3. The van der Waals surface area contributed by atoms with Crippen LogP contribution in [-0.4, -0.2) is 13.7 Å². The van der Waals surface area contributed by atoms with Gasteiger partial charge in [-0.2, -0.15) is 0 Å². The fraction of sp³-hybridized carbons (Fsp3) is 0.333. The van der Waals surface area contributed by atoms with Crippen molar-refractivity contribution < 1.29 is 21.6 Å². The third kappa shape index (κ3) is 2.66. The maximum atomic E-state index is 13.1. The molecule has 0 saturated carbocycles. The number of sulfonamides is 1. The summed E-state index contributed by atoms with van der Waals surface area (Å²) in [5, 5.41) is -0.806. The molecule has 0 spiro atoms. The molecule has 0 heterocycles. The van der Waals surface area contributed by atoms with Crippen molar-refractivity contribution in [3.05, 3.63) is 29.6 Å². The lowest BCUT2D eigenvalue weighted by Crippen LogP contribution is -2.23. The molecule has 0 radical (unpaired) electrons. The maximum Gasteiger partial charge on any atom is 0.235 e. The Hall–Kier alpha value is -1.24. The molecular formula is C9H10F3NO2S. The van der Waals surface area contributed by atoms with Gasteiger partial charge < -0.3 is 0 Å². The van der Waals surface area contributed by atoms with Crippen molar-refractivity contribution in [1.82, 2.24) is 0 Å². The summed E-state index contributed by atoms with van der Waals surface area (Å²) in [6, 6.07) is 0.748. The molecule has 0 atom stereocenters. The summed E-state index contributed by atoms with van der Waals surface area (Å²) in [5.74, 6) is -3.85. The number of hydrogen-bond acceptors (Lipinski definition) is 2. The summed E-state index contributed by atoms with van der Waals surface area (Å²) >= 11 is 0. The molecule has 0 aliphatic carbocycles. The van der Waals surface area contributed by atoms with Crippen molar-refractivity contribution in [2.75, 3.05) is 4.72 Å². The zero-order valence-corrected chi connectivity index (χ0v) is 9.41. The molecule has 1 rings (SSSR count). The zero-order valence-electron chi connectivity index (χ0n) is 8.59. The summed E-state index contributed by atoms with van der Waals surface area (Å²) in [6.45, 7) is 2.75. The second-order valence-corrected chi connectivity index (χ2v) is 5.68. The first kappa shape index (κ1) is 12.8. The smallest absolute Gasteiger partial charge is 0.235 e. The predicted octanol–water partition coefficient (Wildman–Crippen LogP) is 2.25. The van der Waals surface area contributed by atoms with E-state index in [-0.39, 0.29) is 6.07 Å². The van der Waals surface area contributed by atoms with Gasteiger partial charge in [0.15, 0.2) is 11.6 Å². The van der Waals surface area contributed by atoms with Crippen molar-refractivity contribution >= 4 is 15.7 Å². The molecule has 0 fully saturated rings. The Morgan fingerprint density at radius 2 is 1.56 bits per heavy atom. The maximum absolute atomic E-state index is 13.1. The summed E-state index contributed by atoms with van der Waals surface area (Å²) < 4.78 is 63.0. The predicted molar refractivity (Wildman–Crippen MR) is 54.0 cm³/mol. The molecule has 90 valence electrons. The van der Waals surface area contributed by atoms with Gasteiger partial charge in [0.25, 0.3) is 0 Å². The second-order valence-electron chi connectivity index (χ2n) is 3.44. The molecule has 0 aliphatic rings. The minimum absolute atomic E-state index is 0.285. The minimum Gasteiger partial charge on any atom is -0.280 e. The lowest BCUT2D eigenvalue weighted by Gasteiger charge is -2.11. The summed E-state index contributed by atoms with van der Waals surface area (Å²) in [4.78, 5) is 0. The molecule has 0 aromatic heterocycles. The molecule has 16 heavy (non-hydrogen) atoms. The topological polar surface area (TPSA) is 46.2 Å². The second kappa shape index (κ2) is 4.32. The number of benzene rings is 1. The Balaban J connectivity index is 3.13. The molecule has 0 bridgehead atoms. The molecule has 1 aromatic carbocycles. The molecule has 0 saturated heterocycles. The van der Waals surface area contributed by atoms with Crippen LogP contribution in [0.2, 0.25) is 0 Å². The van der Waals surface area contributed by atoms with Crippen LogP contribution in [0.5, 0.6) is 0 Å². The molecular weight excluding hydrogens is 243 g/mol. The van der Waals surface area contributed by atoms with Crippen molar-refractivity contribution in [3.8, 4) is 0 Å². The van der Waals surface area contributed by atoms with Crippen LogP contribution < -0.4 is 4.72 Å². The fourth-order valence-electron chi connectivity index (χ4n) is 0.872. The van der Waals surface area contributed by atoms with E-state index in [1.54, 1.807) is 0 Å². The minimum atomic E-state index is -3.78. The van der Waals surface area contributed by atoms with E-state index < -0.39 is 38.4 Å². The number of hydrogen-bond donors (Lipinski definition) is 1. The molecule has 7 heteroatoms. The van der Waals surface area contributed by atoms with Crippen LogP contribution in [0.4, 0.5) is 18.9 Å². The largest absolute Gasteiger partial charge is 0.280 e. The van der Waals surface area contributed by atoms with Crippen LogP contribution in [-0.2, 0) is 10.0 Å². The fourth-order valence-corrected chi connectivity index (χ4v) is 1.57. The van der Waals surface area contributed by atoms with Gasteiger partial charge in [0.2, 0.25) is 10.0 Å². The summed E-state index contributed by atoms with van der Waals surface area (Å²) in [5.41, 5.74) is -0.604. The molecule has 0 unspecified atom stereocenters. The van der Waals surface area contributed by atoms with Crippen molar-refractivity contribution in [1.29, 1.82) is 0 Å². The highest BCUT2D eigenvalue weighted by Crippen LogP contribution is 2.20. The average Bonchev–Trinajstić information content (AvgIpc) is 2.13. The zero-order chi connectivity index (χ0) is 12.5. The first-order chi connectivity index (χ1) is 7.24. The summed E-state index contributed by atoms with van der Waals surface area (Å²) in [7, 11) is -3.78. The van der Waals surface area contributed by atoms with Gasteiger partial charge in [0.05, 0.1) is 10.9 Å². The lowest BCUT2D eigenvalue weighted by molar-refractivity contribution is 0.496. The Labute approximate surface area is 91.3 Å². The molecule has 3 nitrogen and oxygen atoms in total. The van der Waals surface area contributed by atoms with Crippen LogP contribution in [0.15, 0.2) is 12.1 Å². The normalized spacial score (nSPS) is 11.9. The Morgan fingerprint density at radius 3 is 2.06 bits per heavy atom. The van der Waals surface area contributed by atoms with Crippen LogP contribution >= 0.6 is 0 Å². The molecule has 1 aromatic rings. The average molecular weight is 253 g/mol. The van der Waals surface area contributed by atoms with Gasteiger partial charge in [-0.25, -0.2) is 21.6 Å². The lowest BCUT2D eigenvalue weighted by atomic mass is 10.3. The van der Waals surface area contributed by atoms with Gasteiger partial charge in [0.1, 0.15) is 5.82 Å². The summed E-state index contributed by atoms with van der Waals surface area (Å²) in [6.07, 6.45) is 0. The van der Waals surface area contributed by atoms with E-state index in [1.807, 2.05) is 4.72 Å². The Kier molecular flexibility index (Phi) is 3.47. The van der Waals surface area contributed by atoms with E-state index in [0.717, 1.165) is 0 Å². The van der Waals surface area contributed by atoms with Gasteiger partial charge >= 0.3 is 0 Å². The van der Waals surface area contributed by atoms with Crippen molar-refractivity contribution in [2.24, 2.45) is 0 Å². The first-order valence-electron chi connectivity index (χ1n) is 4.40. The third-order valence-corrected chi connectivity index (χ3v) is 3.63. The van der Waals surface area contributed by atoms with E-state index in [2.05, 4.69) is 0 Å². The van der Waals surface area contributed by atoms with Gasteiger partial charge in [-0.3, -0.25) is 4.72 Å². The molecule has 0 amide bonds. The van der Waals surface area contributed by atoms with Crippen molar-refractivity contribution in [2.45, 2.75) is 19.1 Å². The number of rotatable bonds is 3. The van der Waals surface area contributed by atoms with E-state index in [4.69, 9.17) is 0 Å². The van der Waals surface area contributed by atoms with Gasteiger partial charge in [0, 0.05) is 12.1 Å². The van der Waals surface area contributed by atoms with Gasteiger partial charge in [-0.05, 0) is 13.8 Å². The van der Waals surface area contributed by atoms with E-state index in [9.17, 15) is 21.6 Å². The first-order valence-corrected chi connectivity index (χ1v) is 5.95. The SMILES string of the molecule is CC(C)S(=O)(=O)Nc1cc(F)c(F)cc1F. The highest BCUT2D eigenvalue weighted by molar-refractivity contribution is 7.93. The Morgan fingerprint density at radius 1 is 1.06 bits per heavy atom. The quantitative estimate of drug-likeness (QED) is 0.840.